The number of aromatic nitrogens is 1. The summed E-state index contributed by atoms with van der Waals surface area (Å²) in [4.78, 5) is 13.0. The molecule has 132 valence electrons. The van der Waals surface area contributed by atoms with Crippen LogP contribution in [-0.2, 0) is 6.54 Å². The molecule has 8 heteroatoms. The van der Waals surface area contributed by atoms with Gasteiger partial charge in [0.05, 0.1) is 0 Å². The topological polar surface area (TPSA) is 78.5 Å². The summed E-state index contributed by atoms with van der Waals surface area (Å²) < 4.78 is 12.9. The highest BCUT2D eigenvalue weighted by Gasteiger charge is 2.18. The van der Waals surface area contributed by atoms with Crippen molar-refractivity contribution in [2.45, 2.75) is 6.54 Å². The van der Waals surface area contributed by atoms with Gasteiger partial charge in [-0.2, -0.15) is 0 Å². The third kappa shape index (κ3) is 3.04. The van der Waals surface area contributed by atoms with Gasteiger partial charge in [-0.25, -0.2) is 0 Å². The number of benzene rings is 2. The molecule has 2 heterocycles. The van der Waals surface area contributed by atoms with Crippen molar-refractivity contribution in [3.63, 3.8) is 0 Å². The van der Waals surface area contributed by atoms with Gasteiger partial charge in [-0.15, -0.1) is 0 Å². The fourth-order valence-corrected chi connectivity index (χ4v) is 3.97. The molecule has 3 N–H and O–H groups in total. The molecule has 0 atom stereocenters. The van der Waals surface area contributed by atoms with Crippen molar-refractivity contribution in [1.82, 2.24) is 9.88 Å². The van der Waals surface area contributed by atoms with E-state index in [0.717, 1.165) is 11.3 Å². The minimum Gasteiger partial charge on any atom is -0.454 e. The molecule has 1 aromatic heterocycles. The van der Waals surface area contributed by atoms with Crippen LogP contribution in [0.1, 0.15) is 15.2 Å². The highest BCUT2D eigenvalue weighted by atomic mass is 32.1. The van der Waals surface area contributed by atoms with E-state index < -0.39 is 0 Å². The maximum atomic E-state index is 12.6. The van der Waals surface area contributed by atoms with Crippen LogP contribution in [0.3, 0.4) is 0 Å². The van der Waals surface area contributed by atoms with Gasteiger partial charge in [0.1, 0.15) is 10.7 Å². The van der Waals surface area contributed by atoms with E-state index in [0.29, 0.717) is 32.7 Å². The number of nitrogens with one attached hydrogen (secondary N) is 1. The normalized spacial score (nSPS) is 12.2. The summed E-state index contributed by atoms with van der Waals surface area (Å²) in [5.74, 6) is 1.48. The molecule has 0 bridgehead atoms. The number of nitrogens with zero attached hydrogens (tertiary/aromatic N) is 1. The predicted octanol–water partition coefficient (Wildman–Crippen LogP) is 3.51. The Hall–Kier alpha value is -2.84. The average molecular weight is 385 g/mol. The quantitative estimate of drug-likeness (QED) is 0.672. The summed E-state index contributed by atoms with van der Waals surface area (Å²) in [6.45, 7) is 0.572. The van der Waals surface area contributed by atoms with Crippen molar-refractivity contribution in [3.8, 4) is 17.2 Å². The van der Waals surface area contributed by atoms with Gasteiger partial charge in [-0.1, -0.05) is 35.6 Å². The number of nitrogen functional groups attached to an aromatic ring is 1. The van der Waals surface area contributed by atoms with Crippen molar-refractivity contribution < 1.29 is 14.3 Å². The van der Waals surface area contributed by atoms with Crippen LogP contribution in [0.2, 0.25) is 0 Å². The molecule has 0 unspecified atom stereocenters. The number of anilines is 1. The lowest BCUT2D eigenvalue weighted by Crippen LogP contribution is -2.23. The van der Waals surface area contributed by atoms with Crippen molar-refractivity contribution >= 4 is 35.3 Å². The first-order valence-electron chi connectivity index (χ1n) is 7.87. The largest absolute Gasteiger partial charge is 0.454 e. The summed E-state index contributed by atoms with van der Waals surface area (Å²) in [5.41, 5.74) is 7.93. The van der Waals surface area contributed by atoms with Gasteiger partial charge in [0, 0.05) is 12.2 Å². The Labute approximate surface area is 158 Å². The number of thiazole rings is 1. The second kappa shape index (κ2) is 6.81. The Morgan fingerprint density at radius 3 is 2.77 bits per heavy atom. The van der Waals surface area contributed by atoms with E-state index in [-0.39, 0.29) is 12.7 Å². The summed E-state index contributed by atoms with van der Waals surface area (Å²) in [6.07, 6.45) is 0. The zero-order valence-corrected chi connectivity index (χ0v) is 15.2. The summed E-state index contributed by atoms with van der Waals surface area (Å²) in [7, 11) is 0. The molecule has 6 nitrogen and oxygen atoms in total. The van der Waals surface area contributed by atoms with Crippen molar-refractivity contribution in [1.29, 1.82) is 0 Å². The van der Waals surface area contributed by atoms with Crippen LogP contribution in [0.25, 0.3) is 5.69 Å². The number of carbonyl (C=O) groups is 1. The van der Waals surface area contributed by atoms with Gasteiger partial charge in [0.15, 0.2) is 15.5 Å². The minimum atomic E-state index is -0.258. The Morgan fingerprint density at radius 1 is 1.19 bits per heavy atom. The van der Waals surface area contributed by atoms with Gasteiger partial charge < -0.3 is 20.5 Å². The molecule has 1 aliphatic rings. The lowest BCUT2D eigenvalue weighted by molar-refractivity contribution is 0.0955. The monoisotopic (exact) mass is 385 g/mol. The van der Waals surface area contributed by atoms with E-state index in [1.807, 2.05) is 48.5 Å². The molecule has 4 rings (SSSR count). The van der Waals surface area contributed by atoms with Crippen LogP contribution in [0.15, 0.2) is 48.5 Å². The number of carbonyl (C=O) groups excluding carboxylic acids is 1. The Morgan fingerprint density at radius 2 is 1.96 bits per heavy atom. The lowest BCUT2D eigenvalue weighted by Gasteiger charge is -2.07. The fourth-order valence-electron chi connectivity index (χ4n) is 2.68. The molecule has 26 heavy (non-hydrogen) atoms. The Balaban J connectivity index is 1.53. The number of hydrogen-bond acceptors (Lipinski definition) is 6. The summed E-state index contributed by atoms with van der Waals surface area (Å²) >= 11 is 6.58. The van der Waals surface area contributed by atoms with E-state index in [1.165, 1.54) is 11.3 Å². The third-order valence-corrected chi connectivity index (χ3v) is 5.34. The number of ether oxygens (including phenoxy) is 2. The number of rotatable bonds is 4. The molecule has 1 aliphatic heterocycles. The molecular formula is C18H15N3O3S2. The number of para-hydroxylation sites is 1. The van der Waals surface area contributed by atoms with Crippen LogP contribution in [0.5, 0.6) is 11.5 Å². The first kappa shape index (κ1) is 16.6. The fraction of sp³-hybridized carbons (Fsp3) is 0.111. The maximum Gasteiger partial charge on any atom is 0.265 e. The highest BCUT2D eigenvalue weighted by Crippen LogP contribution is 2.32. The lowest BCUT2D eigenvalue weighted by atomic mass is 10.2. The molecule has 2 aromatic carbocycles. The predicted molar refractivity (Wildman–Crippen MR) is 103 cm³/mol. The first-order chi connectivity index (χ1) is 12.6. The molecule has 0 saturated carbocycles. The molecule has 0 saturated heterocycles. The number of hydrogen-bond donors (Lipinski definition) is 2. The summed E-state index contributed by atoms with van der Waals surface area (Å²) in [6, 6.07) is 15.1. The molecule has 1 amide bonds. The average Bonchev–Trinajstić information content (AvgIpc) is 3.24. The van der Waals surface area contributed by atoms with Gasteiger partial charge in [0.25, 0.3) is 5.91 Å². The van der Waals surface area contributed by atoms with Crippen molar-refractivity contribution in [2.24, 2.45) is 0 Å². The van der Waals surface area contributed by atoms with Crippen molar-refractivity contribution in [3.05, 3.63) is 62.9 Å². The first-order valence-corrected chi connectivity index (χ1v) is 9.09. The maximum absolute atomic E-state index is 12.6. The number of nitrogens with two attached hydrogens (primary N) is 1. The minimum absolute atomic E-state index is 0.220. The standard InChI is InChI=1S/C18H15N3O3S2/c19-16-15(26-18(25)21(16)12-4-2-1-3-5-12)17(22)20-9-11-6-7-13-14(8-11)24-10-23-13/h1-8H,9-10,19H2,(H,20,22). The van der Waals surface area contributed by atoms with Gasteiger partial charge in [-0.3, -0.25) is 9.36 Å². The molecule has 0 fully saturated rings. The van der Waals surface area contributed by atoms with Gasteiger partial charge in [-0.05, 0) is 42.0 Å². The van der Waals surface area contributed by atoms with Crippen LogP contribution in [-0.4, -0.2) is 17.3 Å². The molecule has 0 radical (unpaired) electrons. The SMILES string of the molecule is Nc1c(C(=O)NCc2ccc3c(c2)OCO3)sc(=S)n1-c1ccccc1. The Bertz CT molecular complexity index is 1030. The number of fused-ring (bicyclic) bond motifs is 1. The van der Waals surface area contributed by atoms with Crippen molar-refractivity contribution in [2.75, 3.05) is 12.5 Å². The van der Waals surface area contributed by atoms with E-state index >= 15 is 0 Å². The van der Waals surface area contributed by atoms with Gasteiger partial charge in [0.2, 0.25) is 6.79 Å². The van der Waals surface area contributed by atoms with Crippen LogP contribution in [0.4, 0.5) is 5.82 Å². The molecule has 0 spiro atoms. The smallest absolute Gasteiger partial charge is 0.265 e. The van der Waals surface area contributed by atoms with Crippen LogP contribution < -0.4 is 20.5 Å². The highest BCUT2D eigenvalue weighted by molar-refractivity contribution is 7.73. The van der Waals surface area contributed by atoms with Gasteiger partial charge >= 0.3 is 0 Å². The zero-order valence-electron chi connectivity index (χ0n) is 13.6. The van der Waals surface area contributed by atoms with E-state index in [1.54, 1.807) is 4.57 Å². The molecule has 3 aromatic rings. The molecular weight excluding hydrogens is 370 g/mol. The second-order valence-corrected chi connectivity index (χ2v) is 7.27. The van der Waals surface area contributed by atoms with E-state index in [4.69, 9.17) is 27.4 Å². The molecule has 0 aliphatic carbocycles. The Kier molecular flexibility index (Phi) is 4.36. The van der Waals surface area contributed by atoms with E-state index in [2.05, 4.69) is 5.32 Å². The third-order valence-electron chi connectivity index (χ3n) is 3.96. The van der Waals surface area contributed by atoms with Crippen LogP contribution >= 0.6 is 23.6 Å². The zero-order chi connectivity index (χ0) is 18.1. The van der Waals surface area contributed by atoms with Crippen LogP contribution in [0, 0.1) is 3.95 Å². The number of amides is 1. The second-order valence-electron chi connectivity index (χ2n) is 5.62. The summed E-state index contributed by atoms with van der Waals surface area (Å²) in [5, 5.41) is 2.87. The van der Waals surface area contributed by atoms with E-state index in [9.17, 15) is 4.79 Å².